The minimum absolute atomic E-state index is 0.0371. The summed E-state index contributed by atoms with van der Waals surface area (Å²) in [5.74, 6) is 0.0632. The van der Waals surface area contributed by atoms with Crippen molar-refractivity contribution in [1.82, 2.24) is 25.2 Å². The minimum atomic E-state index is -2.06. The first-order valence-corrected chi connectivity index (χ1v) is 16.3. The Kier molecular flexibility index (Phi) is 8.81. The van der Waals surface area contributed by atoms with E-state index in [-0.39, 0.29) is 40.7 Å². The Morgan fingerprint density at radius 2 is 1.83 bits per heavy atom. The second-order valence-corrected chi connectivity index (χ2v) is 17.2. The van der Waals surface area contributed by atoms with Gasteiger partial charge in [0.25, 0.3) is 0 Å². The fourth-order valence-corrected chi connectivity index (χ4v) is 6.53. The third-order valence-corrected chi connectivity index (χ3v) is 13.0. The van der Waals surface area contributed by atoms with E-state index in [4.69, 9.17) is 4.43 Å². The van der Waals surface area contributed by atoms with Crippen LogP contribution in [0.5, 0.6) is 0 Å². The lowest BCUT2D eigenvalue weighted by molar-refractivity contribution is -0.142. The Balaban J connectivity index is 1.81. The Morgan fingerprint density at radius 1 is 1.19 bits per heavy atom. The molecule has 1 aromatic heterocycles. The molecular weight excluding hydrogens is 474 g/mol. The van der Waals surface area contributed by atoms with Crippen molar-refractivity contribution < 1.29 is 18.8 Å². The van der Waals surface area contributed by atoms with Gasteiger partial charge in [0.2, 0.25) is 11.8 Å². The standard InChI is InChI=1S/C26H45N5O4Si/c1-17(2)23(31-15-21(28-29-31)19-11-9-18(16-32)10-12-19)25(34)30-14-20(13-22(30)24(33)27-6)35-36(7,8)26(3,4)5/h15-20,22-23H,9-14H2,1-8H3,(H,27,33)/t18?,19?,20-,22+,23+/m1/s1. The van der Waals surface area contributed by atoms with Gasteiger partial charge < -0.3 is 19.4 Å². The summed E-state index contributed by atoms with van der Waals surface area (Å²) in [4.78, 5) is 39.6. The van der Waals surface area contributed by atoms with Crippen LogP contribution in [0.4, 0.5) is 0 Å². The van der Waals surface area contributed by atoms with Crippen molar-refractivity contribution in [3.63, 3.8) is 0 Å². The molecule has 9 nitrogen and oxygen atoms in total. The third kappa shape index (κ3) is 6.07. The van der Waals surface area contributed by atoms with Gasteiger partial charge in [0.15, 0.2) is 8.32 Å². The number of nitrogens with zero attached hydrogens (tertiary/aromatic N) is 4. The van der Waals surface area contributed by atoms with E-state index in [0.717, 1.165) is 37.7 Å². The maximum absolute atomic E-state index is 14.0. The van der Waals surface area contributed by atoms with Crippen LogP contribution >= 0.6 is 0 Å². The van der Waals surface area contributed by atoms with E-state index in [9.17, 15) is 14.4 Å². The number of aromatic nitrogens is 3. The SMILES string of the molecule is CNC(=O)[C@@H]1C[C@@H](O[Si](C)(C)C(C)(C)C)CN1C(=O)[C@H](C(C)C)n1cc(C2CCC(C=O)CC2)nn1. The number of hydrogen-bond donors (Lipinski definition) is 1. The van der Waals surface area contributed by atoms with E-state index >= 15 is 0 Å². The molecule has 2 aliphatic rings. The number of aldehydes is 1. The molecule has 2 heterocycles. The number of likely N-dealkylation sites (N-methyl/N-ethyl adjacent to an activating group) is 1. The van der Waals surface area contributed by atoms with Crippen LogP contribution in [0.1, 0.15) is 84.4 Å². The highest BCUT2D eigenvalue weighted by molar-refractivity contribution is 6.74. The van der Waals surface area contributed by atoms with Crippen molar-refractivity contribution in [2.75, 3.05) is 13.6 Å². The quantitative estimate of drug-likeness (QED) is 0.415. The summed E-state index contributed by atoms with van der Waals surface area (Å²) >= 11 is 0. The molecule has 0 unspecified atom stereocenters. The van der Waals surface area contributed by atoms with Gasteiger partial charge in [0, 0.05) is 38.0 Å². The third-order valence-electron chi connectivity index (χ3n) is 8.44. The second kappa shape index (κ2) is 11.1. The van der Waals surface area contributed by atoms with Gasteiger partial charge in [-0.3, -0.25) is 9.59 Å². The minimum Gasteiger partial charge on any atom is -0.412 e. The highest BCUT2D eigenvalue weighted by Gasteiger charge is 2.47. The fourth-order valence-electron chi connectivity index (χ4n) is 5.17. The van der Waals surface area contributed by atoms with Gasteiger partial charge >= 0.3 is 0 Å². The van der Waals surface area contributed by atoms with Gasteiger partial charge in [-0.15, -0.1) is 5.10 Å². The van der Waals surface area contributed by atoms with Crippen LogP contribution < -0.4 is 5.32 Å². The van der Waals surface area contributed by atoms with Crippen molar-refractivity contribution >= 4 is 26.4 Å². The predicted molar refractivity (Wildman–Crippen MR) is 141 cm³/mol. The molecule has 0 bridgehead atoms. The molecule has 202 valence electrons. The molecule has 3 rings (SSSR count). The lowest BCUT2D eigenvalue weighted by Crippen LogP contribution is -2.48. The van der Waals surface area contributed by atoms with Gasteiger partial charge in [-0.2, -0.15) is 0 Å². The molecule has 1 aromatic rings. The summed E-state index contributed by atoms with van der Waals surface area (Å²) in [6.07, 6.45) is 6.80. The zero-order valence-electron chi connectivity index (χ0n) is 23.3. The molecule has 36 heavy (non-hydrogen) atoms. The highest BCUT2D eigenvalue weighted by atomic mass is 28.4. The van der Waals surface area contributed by atoms with E-state index in [1.165, 1.54) is 0 Å². The molecule has 1 N–H and O–H groups in total. The van der Waals surface area contributed by atoms with Crippen molar-refractivity contribution in [1.29, 1.82) is 0 Å². The molecule has 2 fully saturated rings. The van der Waals surface area contributed by atoms with E-state index in [1.54, 1.807) is 16.6 Å². The molecule has 1 aliphatic heterocycles. The van der Waals surface area contributed by atoms with Crippen LogP contribution in [-0.4, -0.2) is 72.0 Å². The van der Waals surface area contributed by atoms with Gasteiger partial charge in [0.05, 0.1) is 11.8 Å². The molecule has 0 radical (unpaired) electrons. The van der Waals surface area contributed by atoms with Crippen LogP contribution in [0.3, 0.4) is 0 Å². The van der Waals surface area contributed by atoms with Crippen LogP contribution in [0.25, 0.3) is 0 Å². The largest absolute Gasteiger partial charge is 0.412 e. The summed E-state index contributed by atoms with van der Waals surface area (Å²) in [6.45, 7) is 15.3. The number of likely N-dealkylation sites (tertiary alicyclic amines) is 1. The van der Waals surface area contributed by atoms with Crippen molar-refractivity contribution in [3.05, 3.63) is 11.9 Å². The molecule has 0 aromatic carbocycles. The van der Waals surface area contributed by atoms with Crippen molar-refractivity contribution in [2.24, 2.45) is 11.8 Å². The normalized spacial score (nSPS) is 26.2. The first kappa shape index (κ1) is 28.5. The number of hydrogen-bond acceptors (Lipinski definition) is 6. The topological polar surface area (TPSA) is 106 Å². The molecule has 1 saturated heterocycles. The van der Waals surface area contributed by atoms with Gasteiger partial charge in [-0.05, 0) is 49.7 Å². The number of nitrogens with one attached hydrogen (secondary N) is 1. The van der Waals surface area contributed by atoms with E-state index in [1.807, 2.05) is 20.0 Å². The van der Waals surface area contributed by atoms with E-state index in [2.05, 4.69) is 49.5 Å². The fraction of sp³-hybridized carbons (Fsp3) is 0.808. The summed E-state index contributed by atoms with van der Waals surface area (Å²) in [5, 5.41) is 11.6. The Labute approximate surface area is 216 Å². The highest BCUT2D eigenvalue weighted by Crippen LogP contribution is 2.39. The zero-order valence-corrected chi connectivity index (χ0v) is 24.3. The van der Waals surface area contributed by atoms with Crippen LogP contribution in [0, 0.1) is 11.8 Å². The molecule has 1 aliphatic carbocycles. The maximum atomic E-state index is 14.0. The molecule has 10 heteroatoms. The zero-order chi connectivity index (χ0) is 26.8. The Morgan fingerprint density at radius 3 is 2.36 bits per heavy atom. The smallest absolute Gasteiger partial charge is 0.248 e. The average molecular weight is 520 g/mol. The van der Waals surface area contributed by atoms with Crippen molar-refractivity contribution in [3.8, 4) is 0 Å². The Hall–Kier alpha value is -2.07. The van der Waals surface area contributed by atoms with Crippen molar-refractivity contribution in [2.45, 2.75) is 109 Å². The number of carbonyl (C=O) groups excluding carboxylic acids is 3. The van der Waals surface area contributed by atoms with Crippen LogP contribution in [-0.2, 0) is 18.8 Å². The van der Waals surface area contributed by atoms with Crippen LogP contribution in [0.2, 0.25) is 18.1 Å². The summed E-state index contributed by atoms with van der Waals surface area (Å²) < 4.78 is 8.30. The lowest BCUT2D eigenvalue weighted by atomic mass is 9.81. The maximum Gasteiger partial charge on any atom is 0.248 e. The van der Waals surface area contributed by atoms with Gasteiger partial charge in [-0.1, -0.05) is 39.8 Å². The number of carbonyl (C=O) groups is 3. The predicted octanol–water partition coefficient (Wildman–Crippen LogP) is 3.69. The van der Waals surface area contributed by atoms with E-state index < -0.39 is 20.4 Å². The second-order valence-electron chi connectivity index (χ2n) is 12.4. The lowest BCUT2D eigenvalue weighted by Gasteiger charge is -2.38. The Bertz CT molecular complexity index is 933. The molecule has 3 atom stereocenters. The monoisotopic (exact) mass is 519 g/mol. The van der Waals surface area contributed by atoms with Crippen LogP contribution in [0.15, 0.2) is 6.20 Å². The number of amides is 2. The van der Waals surface area contributed by atoms with Gasteiger partial charge in [-0.25, -0.2) is 4.68 Å². The first-order chi connectivity index (χ1) is 16.8. The summed E-state index contributed by atoms with van der Waals surface area (Å²) in [6, 6.07) is -1.13. The van der Waals surface area contributed by atoms with Gasteiger partial charge in [0.1, 0.15) is 18.4 Å². The number of rotatable bonds is 8. The summed E-state index contributed by atoms with van der Waals surface area (Å²) in [5.41, 5.74) is 0.876. The molecular formula is C26H45N5O4Si. The molecule has 0 spiro atoms. The molecule has 1 saturated carbocycles. The average Bonchev–Trinajstić information content (AvgIpc) is 3.45. The first-order valence-electron chi connectivity index (χ1n) is 13.4. The van der Waals surface area contributed by atoms with E-state index in [0.29, 0.717) is 13.0 Å². The summed E-state index contributed by atoms with van der Waals surface area (Å²) in [7, 11) is -0.457. The molecule has 2 amide bonds.